The summed E-state index contributed by atoms with van der Waals surface area (Å²) in [6.07, 6.45) is 0. The van der Waals surface area contributed by atoms with Gasteiger partial charge in [-0.2, -0.15) is 0 Å². The molecule has 3 aromatic rings. The fraction of sp³-hybridized carbons (Fsp3) is 0.238. The Morgan fingerprint density at radius 2 is 1.96 bits per heavy atom. The van der Waals surface area contributed by atoms with E-state index in [1.807, 2.05) is 13.0 Å². The highest BCUT2D eigenvalue weighted by Crippen LogP contribution is 2.34. The first kappa shape index (κ1) is 19.0. The molecule has 0 fully saturated rings. The van der Waals surface area contributed by atoms with Gasteiger partial charge in [0.15, 0.2) is 11.0 Å². The number of aliphatic carboxylic acids is 1. The lowest BCUT2D eigenvalue weighted by Gasteiger charge is -2.21. The van der Waals surface area contributed by atoms with Crippen molar-refractivity contribution in [1.82, 2.24) is 0 Å². The van der Waals surface area contributed by atoms with Gasteiger partial charge < -0.3 is 14.3 Å². The molecule has 1 aromatic heterocycles. The minimum absolute atomic E-state index is 0.0304. The molecule has 6 heteroatoms. The molecule has 0 aliphatic heterocycles. The van der Waals surface area contributed by atoms with E-state index in [0.29, 0.717) is 33.1 Å². The molecule has 0 radical (unpaired) electrons. The normalized spacial score (nSPS) is 11.6. The third-order valence-electron chi connectivity index (χ3n) is 4.28. The van der Waals surface area contributed by atoms with E-state index >= 15 is 0 Å². The monoisotopic (exact) mass is 386 g/mol. The van der Waals surface area contributed by atoms with E-state index in [9.17, 15) is 14.7 Å². The second kappa shape index (κ2) is 7.08. The lowest BCUT2D eigenvalue weighted by atomic mass is 9.95. The van der Waals surface area contributed by atoms with Gasteiger partial charge in [0.05, 0.1) is 21.4 Å². The van der Waals surface area contributed by atoms with Crippen molar-refractivity contribution in [2.75, 3.05) is 6.61 Å². The van der Waals surface area contributed by atoms with Crippen LogP contribution < -0.4 is 10.2 Å². The fourth-order valence-corrected chi connectivity index (χ4v) is 2.76. The van der Waals surface area contributed by atoms with Gasteiger partial charge in [-0.3, -0.25) is 9.59 Å². The van der Waals surface area contributed by atoms with E-state index < -0.39 is 11.4 Å². The van der Waals surface area contributed by atoms with Crippen LogP contribution in [0.5, 0.6) is 5.75 Å². The summed E-state index contributed by atoms with van der Waals surface area (Å²) in [6.45, 7) is 5.03. The summed E-state index contributed by atoms with van der Waals surface area (Å²) in [4.78, 5) is 23.8. The summed E-state index contributed by atoms with van der Waals surface area (Å²) < 4.78 is 11.7. The first-order valence-corrected chi connectivity index (χ1v) is 8.76. The smallest absolute Gasteiger partial charge is 0.312 e. The largest absolute Gasteiger partial charge is 0.492 e. The SMILES string of the molecule is Cc1ccc(-c2cc(=O)c3cccc(Cl)c3o2)c(OCC(C)(C)C(=O)O)c1. The molecule has 0 unspecified atom stereocenters. The molecule has 5 nitrogen and oxygen atoms in total. The average molecular weight is 387 g/mol. The molecule has 3 rings (SSSR count). The second-order valence-corrected chi connectivity index (χ2v) is 7.48. The number of carbonyl (C=O) groups is 1. The quantitative estimate of drug-likeness (QED) is 0.674. The van der Waals surface area contributed by atoms with E-state index in [2.05, 4.69) is 0 Å². The highest BCUT2D eigenvalue weighted by Gasteiger charge is 2.28. The van der Waals surface area contributed by atoms with Crippen LogP contribution in [0.15, 0.2) is 51.7 Å². The van der Waals surface area contributed by atoms with Crippen molar-refractivity contribution < 1.29 is 19.1 Å². The molecular formula is C21H19ClO5. The van der Waals surface area contributed by atoms with Gasteiger partial charge in [-0.05, 0) is 50.6 Å². The van der Waals surface area contributed by atoms with E-state index in [1.165, 1.54) is 6.07 Å². The average Bonchev–Trinajstić information content (AvgIpc) is 2.61. The van der Waals surface area contributed by atoms with Gasteiger partial charge in [-0.15, -0.1) is 0 Å². The second-order valence-electron chi connectivity index (χ2n) is 7.07. The number of fused-ring (bicyclic) bond motifs is 1. The number of rotatable bonds is 5. The number of hydrogen-bond acceptors (Lipinski definition) is 4. The van der Waals surface area contributed by atoms with Crippen molar-refractivity contribution in [3.05, 3.63) is 63.3 Å². The molecule has 0 amide bonds. The predicted molar refractivity (Wildman–Crippen MR) is 105 cm³/mol. The molecule has 0 aliphatic rings. The molecule has 0 spiro atoms. The molecule has 2 aromatic carbocycles. The molecule has 0 aliphatic carbocycles. The van der Waals surface area contributed by atoms with Gasteiger partial charge in [-0.25, -0.2) is 0 Å². The zero-order valence-corrected chi connectivity index (χ0v) is 16.0. The molecule has 27 heavy (non-hydrogen) atoms. The Kier molecular flexibility index (Phi) is 4.98. The number of benzene rings is 2. The molecule has 1 heterocycles. The molecule has 1 N–H and O–H groups in total. The zero-order chi connectivity index (χ0) is 19.8. The van der Waals surface area contributed by atoms with Crippen LogP contribution in [0.1, 0.15) is 19.4 Å². The number of carboxylic acids is 1. The Labute approximate surface area is 161 Å². The van der Waals surface area contributed by atoms with Crippen LogP contribution in [0, 0.1) is 12.3 Å². The summed E-state index contributed by atoms with van der Waals surface area (Å²) in [5.41, 5.74) is 0.517. The highest BCUT2D eigenvalue weighted by atomic mass is 35.5. The van der Waals surface area contributed by atoms with Crippen molar-refractivity contribution in [3.63, 3.8) is 0 Å². The van der Waals surface area contributed by atoms with Crippen molar-refractivity contribution in [3.8, 4) is 17.1 Å². The van der Waals surface area contributed by atoms with Crippen LogP contribution in [0.2, 0.25) is 5.02 Å². The van der Waals surface area contributed by atoms with Crippen LogP contribution in [0.3, 0.4) is 0 Å². The summed E-state index contributed by atoms with van der Waals surface area (Å²) in [6, 6.07) is 11.8. The molecule has 140 valence electrons. The Balaban J connectivity index is 2.10. The van der Waals surface area contributed by atoms with Gasteiger partial charge in [0.2, 0.25) is 0 Å². The van der Waals surface area contributed by atoms with Crippen LogP contribution >= 0.6 is 11.6 Å². The Bertz CT molecular complexity index is 1080. The number of halogens is 1. The number of hydrogen-bond donors (Lipinski definition) is 1. The summed E-state index contributed by atoms with van der Waals surface area (Å²) in [7, 11) is 0. The van der Waals surface area contributed by atoms with Crippen molar-refractivity contribution in [2.45, 2.75) is 20.8 Å². The molecular weight excluding hydrogens is 368 g/mol. The minimum atomic E-state index is -1.06. The fourth-order valence-electron chi connectivity index (χ4n) is 2.55. The molecule has 0 atom stereocenters. The minimum Gasteiger partial charge on any atom is -0.492 e. The predicted octanol–water partition coefficient (Wildman–Crippen LogP) is 4.91. The lowest BCUT2D eigenvalue weighted by molar-refractivity contribution is -0.148. The van der Waals surface area contributed by atoms with E-state index in [1.54, 1.807) is 44.2 Å². The Morgan fingerprint density at radius 3 is 2.67 bits per heavy atom. The van der Waals surface area contributed by atoms with Gasteiger partial charge in [-0.1, -0.05) is 23.7 Å². The topological polar surface area (TPSA) is 76.7 Å². The van der Waals surface area contributed by atoms with Crippen molar-refractivity contribution in [1.29, 1.82) is 0 Å². The third-order valence-corrected chi connectivity index (χ3v) is 4.57. The van der Waals surface area contributed by atoms with Crippen LogP contribution in [0.25, 0.3) is 22.3 Å². The lowest BCUT2D eigenvalue weighted by Crippen LogP contribution is -2.30. The maximum atomic E-state index is 12.5. The van der Waals surface area contributed by atoms with Crippen LogP contribution in [-0.4, -0.2) is 17.7 Å². The number of carboxylic acid groups (broad SMARTS) is 1. The standard InChI is InChI=1S/C21H19ClO5/c1-12-7-8-14(17(9-12)26-11-21(2,3)20(24)25)18-10-16(23)13-5-4-6-15(22)19(13)27-18/h4-10H,11H2,1-3H3,(H,24,25). The highest BCUT2D eigenvalue weighted by molar-refractivity contribution is 6.34. The van der Waals surface area contributed by atoms with Crippen LogP contribution in [-0.2, 0) is 4.79 Å². The number of aryl methyl sites for hydroxylation is 1. The van der Waals surface area contributed by atoms with Gasteiger partial charge in [0.1, 0.15) is 18.1 Å². The van der Waals surface area contributed by atoms with Gasteiger partial charge in [0, 0.05) is 6.07 Å². The number of ether oxygens (including phenoxy) is 1. The van der Waals surface area contributed by atoms with Crippen LogP contribution in [0.4, 0.5) is 0 Å². The van der Waals surface area contributed by atoms with E-state index in [-0.39, 0.29) is 12.0 Å². The summed E-state index contributed by atoms with van der Waals surface area (Å²) in [5, 5.41) is 10.0. The summed E-state index contributed by atoms with van der Waals surface area (Å²) in [5.74, 6) is -0.205. The zero-order valence-electron chi connectivity index (χ0n) is 15.2. The molecule has 0 saturated heterocycles. The first-order valence-electron chi connectivity index (χ1n) is 8.38. The maximum Gasteiger partial charge on any atom is 0.312 e. The van der Waals surface area contributed by atoms with E-state index in [4.69, 9.17) is 20.8 Å². The molecule has 0 saturated carbocycles. The first-order chi connectivity index (χ1) is 12.7. The van der Waals surface area contributed by atoms with Gasteiger partial charge in [0.25, 0.3) is 0 Å². The third kappa shape index (κ3) is 3.83. The van der Waals surface area contributed by atoms with Crippen molar-refractivity contribution in [2.24, 2.45) is 5.41 Å². The maximum absolute atomic E-state index is 12.5. The summed E-state index contributed by atoms with van der Waals surface area (Å²) >= 11 is 6.18. The van der Waals surface area contributed by atoms with E-state index in [0.717, 1.165) is 5.56 Å². The van der Waals surface area contributed by atoms with Crippen molar-refractivity contribution >= 4 is 28.5 Å². The Hall–Kier alpha value is -2.79. The molecule has 0 bridgehead atoms. The Morgan fingerprint density at radius 1 is 1.22 bits per heavy atom. The van der Waals surface area contributed by atoms with Gasteiger partial charge >= 0.3 is 5.97 Å². The number of para-hydroxylation sites is 1.